The van der Waals surface area contributed by atoms with Crippen LogP contribution in [0.2, 0.25) is 0 Å². The first-order chi connectivity index (χ1) is 13.0. The van der Waals surface area contributed by atoms with Crippen molar-refractivity contribution in [2.24, 2.45) is 0 Å². The van der Waals surface area contributed by atoms with Crippen LogP contribution in [0.1, 0.15) is 33.2 Å². The number of benzene rings is 2. The van der Waals surface area contributed by atoms with E-state index in [1.54, 1.807) is 12.1 Å². The molecule has 140 valence electrons. The van der Waals surface area contributed by atoms with E-state index in [9.17, 15) is 14.4 Å². The third kappa shape index (κ3) is 4.24. The van der Waals surface area contributed by atoms with Crippen LogP contribution in [-0.2, 0) is 16.1 Å². The van der Waals surface area contributed by atoms with E-state index in [2.05, 4.69) is 5.32 Å². The number of ether oxygens (including phenoxy) is 3. The lowest BCUT2D eigenvalue weighted by molar-refractivity contribution is -0.119. The lowest BCUT2D eigenvalue weighted by Crippen LogP contribution is -2.22. The van der Waals surface area contributed by atoms with Gasteiger partial charge in [0.1, 0.15) is 0 Å². The summed E-state index contributed by atoms with van der Waals surface area (Å²) >= 11 is 0. The molecule has 1 aliphatic heterocycles. The number of esters is 1. The Morgan fingerprint density at radius 1 is 1.11 bits per heavy atom. The van der Waals surface area contributed by atoms with Crippen molar-refractivity contribution in [1.82, 2.24) is 0 Å². The van der Waals surface area contributed by atoms with Gasteiger partial charge in [-0.25, -0.2) is 4.79 Å². The predicted molar refractivity (Wildman–Crippen MR) is 93.8 cm³/mol. The summed E-state index contributed by atoms with van der Waals surface area (Å²) in [6.07, 6.45) is 0. The van der Waals surface area contributed by atoms with E-state index in [0.717, 1.165) is 0 Å². The number of anilines is 1. The fraction of sp³-hybridized carbons (Fsp3) is 0.211. The van der Waals surface area contributed by atoms with Crippen LogP contribution in [0.25, 0.3) is 0 Å². The second-order valence-electron chi connectivity index (χ2n) is 5.79. The largest absolute Gasteiger partial charge is 0.454 e. The van der Waals surface area contributed by atoms with Crippen molar-refractivity contribution in [2.75, 3.05) is 18.7 Å². The summed E-state index contributed by atoms with van der Waals surface area (Å²) in [7, 11) is 0. The molecule has 0 atom stereocenters. The van der Waals surface area contributed by atoms with Gasteiger partial charge in [0.25, 0.3) is 5.91 Å². The molecule has 3 rings (SSSR count). The number of rotatable bonds is 6. The highest BCUT2D eigenvalue weighted by molar-refractivity contribution is 6.05. The first kappa shape index (κ1) is 18.4. The summed E-state index contributed by atoms with van der Waals surface area (Å²) in [4.78, 5) is 35.9. The first-order valence-corrected chi connectivity index (χ1v) is 8.09. The fourth-order valence-electron chi connectivity index (χ4n) is 2.48. The summed E-state index contributed by atoms with van der Waals surface area (Å²) in [5.41, 5.74) is 1.43. The monoisotopic (exact) mass is 371 g/mol. The van der Waals surface area contributed by atoms with Gasteiger partial charge >= 0.3 is 5.97 Å². The quantitative estimate of drug-likeness (QED) is 0.589. The molecule has 2 N–H and O–H groups in total. The molecule has 1 amide bonds. The Labute approximate surface area is 154 Å². The van der Waals surface area contributed by atoms with E-state index in [-0.39, 0.29) is 36.0 Å². The number of aliphatic hydroxyl groups excluding tert-OH is 1. The highest BCUT2D eigenvalue weighted by Gasteiger charge is 2.21. The number of Topliss-reactive ketones (excluding diaryl/α,β-unsaturated/α-hetero) is 1. The molecule has 0 spiro atoms. The Kier molecular flexibility index (Phi) is 5.37. The van der Waals surface area contributed by atoms with E-state index < -0.39 is 18.5 Å². The highest BCUT2D eigenvalue weighted by atomic mass is 16.7. The van der Waals surface area contributed by atoms with Crippen LogP contribution in [0.15, 0.2) is 36.4 Å². The van der Waals surface area contributed by atoms with Gasteiger partial charge in [0.05, 0.1) is 17.9 Å². The van der Waals surface area contributed by atoms with Gasteiger partial charge in [0.15, 0.2) is 23.9 Å². The van der Waals surface area contributed by atoms with Gasteiger partial charge in [0.2, 0.25) is 6.79 Å². The highest BCUT2D eigenvalue weighted by Crippen LogP contribution is 2.37. The van der Waals surface area contributed by atoms with Crippen LogP contribution in [0.5, 0.6) is 11.5 Å². The number of hydrogen-bond acceptors (Lipinski definition) is 7. The molecular weight excluding hydrogens is 354 g/mol. The fourth-order valence-corrected chi connectivity index (χ4v) is 2.48. The Bertz CT molecular complexity index is 890. The number of hydrogen-bond donors (Lipinski definition) is 2. The number of carbonyl (C=O) groups excluding carboxylic acids is 3. The zero-order valence-electron chi connectivity index (χ0n) is 14.5. The molecule has 0 aliphatic carbocycles. The minimum absolute atomic E-state index is 0.0385. The molecule has 2 aromatic carbocycles. The van der Waals surface area contributed by atoms with Crippen molar-refractivity contribution in [2.45, 2.75) is 13.5 Å². The second kappa shape index (κ2) is 7.88. The van der Waals surface area contributed by atoms with Gasteiger partial charge < -0.3 is 24.6 Å². The van der Waals surface area contributed by atoms with E-state index in [4.69, 9.17) is 19.3 Å². The Balaban J connectivity index is 1.64. The number of carbonyl (C=O) groups is 3. The van der Waals surface area contributed by atoms with Crippen LogP contribution in [-0.4, -0.2) is 36.2 Å². The van der Waals surface area contributed by atoms with Crippen LogP contribution < -0.4 is 14.8 Å². The summed E-state index contributed by atoms with van der Waals surface area (Å²) in [6, 6.07) is 9.15. The van der Waals surface area contributed by atoms with Crippen molar-refractivity contribution < 1.29 is 33.7 Å². The van der Waals surface area contributed by atoms with Gasteiger partial charge in [0, 0.05) is 11.6 Å². The molecule has 8 heteroatoms. The minimum Gasteiger partial charge on any atom is -0.454 e. The topological polar surface area (TPSA) is 111 Å². The zero-order chi connectivity index (χ0) is 19.4. The van der Waals surface area contributed by atoms with Gasteiger partial charge in [-0.15, -0.1) is 0 Å². The molecule has 0 saturated carbocycles. The number of aliphatic hydroxyl groups is 1. The molecule has 0 aromatic heterocycles. The van der Waals surface area contributed by atoms with Crippen molar-refractivity contribution in [3.8, 4) is 11.5 Å². The summed E-state index contributed by atoms with van der Waals surface area (Å²) in [5, 5.41) is 11.5. The molecule has 27 heavy (non-hydrogen) atoms. The van der Waals surface area contributed by atoms with E-state index in [1.165, 1.54) is 31.2 Å². The Morgan fingerprint density at radius 2 is 1.78 bits per heavy atom. The zero-order valence-corrected chi connectivity index (χ0v) is 14.5. The van der Waals surface area contributed by atoms with Crippen LogP contribution >= 0.6 is 0 Å². The lowest BCUT2D eigenvalue weighted by Gasteiger charge is -2.11. The van der Waals surface area contributed by atoms with E-state index in [0.29, 0.717) is 17.1 Å². The molecule has 2 aromatic rings. The number of nitrogens with one attached hydrogen (secondary N) is 1. The molecule has 0 radical (unpaired) electrons. The molecule has 0 saturated heterocycles. The Hall–Kier alpha value is -3.39. The van der Waals surface area contributed by atoms with Crippen LogP contribution in [0, 0.1) is 0 Å². The summed E-state index contributed by atoms with van der Waals surface area (Å²) in [6.45, 7) is 0.748. The van der Waals surface area contributed by atoms with Crippen LogP contribution in [0.3, 0.4) is 0 Å². The van der Waals surface area contributed by atoms with Crippen molar-refractivity contribution in [3.63, 3.8) is 0 Å². The van der Waals surface area contributed by atoms with Crippen molar-refractivity contribution in [3.05, 3.63) is 53.1 Å². The number of amides is 1. The molecule has 0 unspecified atom stereocenters. The summed E-state index contributed by atoms with van der Waals surface area (Å²) < 4.78 is 15.4. The van der Waals surface area contributed by atoms with Gasteiger partial charge in [-0.3, -0.25) is 9.59 Å². The predicted octanol–water partition coefficient (Wildman–Crippen LogP) is 1.91. The molecule has 0 bridgehead atoms. The maximum atomic E-state index is 12.1. The Morgan fingerprint density at radius 3 is 2.41 bits per heavy atom. The maximum Gasteiger partial charge on any atom is 0.338 e. The van der Waals surface area contributed by atoms with E-state index >= 15 is 0 Å². The summed E-state index contributed by atoms with van der Waals surface area (Å²) in [5.74, 6) is -0.694. The van der Waals surface area contributed by atoms with Crippen molar-refractivity contribution >= 4 is 23.3 Å². The molecule has 8 nitrogen and oxygen atoms in total. The normalized spacial score (nSPS) is 11.8. The van der Waals surface area contributed by atoms with E-state index in [1.807, 2.05) is 0 Å². The minimum atomic E-state index is -0.674. The molecule has 0 fully saturated rings. The molecule has 1 aliphatic rings. The lowest BCUT2D eigenvalue weighted by atomic mass is 10.1. The van der Waals surface area contributed by atoms with Crippen LogP contribution in [0.4, 0.5) is 5.69 Å². The number of ketones is 1. The second-order valence-corrected chi connectivity index (χ2v) is 5.79. The van der Waals surface area contributed by atoms with Gasteiger partial charge in [-0.1, -0.05) is 12.1 Å². The average molecular weight is 371 g/mol. The first-order valence-electron chi connectivity index (χ1n) is 8.09. The number of fused-ring (bicyclic) bond motifs is 1. The third-order valence-corrected chi connectivity index (χ3v) is 3.87. The van der Waals surface area contributed by atoms with Gasteiger partial charge in [-0.2, -0.15) is 0 Å². The molecule has 1 heterocycles. The maximum absolute atomic E-state index is 12.1. The SMILES string of the molecule is CC(=O)c1cc2c(cc1NC(=O)COC(=O)c1ccc(CO)cc1)OCO2. The third-order valence-electron chi connectivity index (χ3n) is 3.87. The standard InChI is InChI=1S/C19H17NO7/c1-11(22)14-6-16-17(27-10-26-16)7-15(14)20-18(23)9-25-19(24)13-4-2-12(8-21)3-5-13/h2-7,21H,8-10H2,1H3,(H,20,23). The molecular formula is C19H17NO7. The van der Waals surface area contributed by atoms with Crippen molar-refractivity contribution in [1.29, 1.82) is 0 Å². The van der Waals surface area contributed by atoms with Gasteiger partial charge in [-0.05, 0) is 30.7 Å². The smallest absolute Gasteiger partial charge is 0.338 e. The average Bonchev–Trinajstić information content (AvgIpc) is 3.12.